The van der Waals surface area contributed by atoms with Crippen molar-refractivity contribution in [3.63, 3.8) is 0 Å². The molecule has 170 valence electrons. The molecule has 7 heteroatoms. The van der Waals surface area contributed by atoms with Crippen LogP contribution in [0.4, 0.5) is 0 Å². The zero-order valence-electron chi connectivity index (χ0n) is 19.2. The number of hydrogen-bond donors (Lipinski definition) is 3. The van der Waals surface area contributed by atoms with Crippen LogP contribution in [-0.4, -0.2) is 41.9 Å². The van der Waals surface area contributed by atoms with Crippen molar-refractivity contribution < 1.29 is 14.3 Å². The molecule has 3 N–H and O–H groups in total. The summed E-state index contributed by atoms with van der Waals surface area (Å²) in [4.78, 5) is 11.7. The lowest BCUT2D eigenvalue weighted by Gasteiger charge is -2.19. The third-order valence-corrected chi connectivity index (χ3v) is 6.02. The van der Waals surface area contributed by atoms with Gasteiger partial charge in [0.15, 0.2) is 0 Å². The molecule has 0 saturated carbocycles. The number of carbonyl (C=O) groups excluding carboxylic acids is 1. The number of aromatic amines is 1. The quantitative estimate of drug-likeness (QED) is 0.492. The Hall–Kier alpha value is -2.90. The predicted molar refractivity (Wildman–Crippen MR) is 125 cm³/mol. The lowest BCUT2D eigenvalue weighted by molar-refractivity contribution is -0.142. The first kappa shape index (κ1) is 22.3. The number of esters is 1. The Labute approximate surface area is 188 Å². The zero-order chi connectivity index (χ0) is 22.7. The number of carbonyl (C=O) groups is 1. The number of aromatic nitrogens is 2. The van der Waals surface area contributed by atoms with Crippen molar-refractivity contribution in [3.8, 4) is 5.75 Å². The van der Waals surface area contributed by atoms with Crippen molar-refractivity contribution in [2.45, 2.75) is 57.8 Å². The summed E-state index contributed by atoms with van der Waals surface area (Å²) in [7, 11) is 1.42. The summed E-state index contributed by atoms with van der Waals surface area (Å²) >= 11 is 0. The van der Waals surface area contributed by atoms with Crippen LogP contribution in [0.25, 0.3) is 10.9 Å². The van der Waals surface area contributed by atoms with Crippen molar-refractivity contribution in [3.05, 3.63) is 59.3 Å². The Kier molecular flexibility index (Phi) is 6.48. The molecule has 0 aliphatic carbocycles. The van der Waals surface area contributed by atoms with Gasteiger partial charge < -0.3 is 20.1 Å². The molecule has 7 nitrogen and oxygen atoms in total. The van der Waals surface area contributed by atoms with E-state index in [2.05, 4.69) is 65.9 Å². The Morgan fingerprint density at radius 1 is 1.19 bits per heavy atom. The van der Waals surface area contributed by atoms with Gasteiger partial charge in [-0.25, -0.2) is 0 Å². The molecule has 0 radical (unpaired) electrons. The number of nitrogens with one attached hydrogen (secondary N) is 3. The van der Waals surface area contributed by atoms with E-state index >= 15 is 0 Å². The molecule has 1 aromatic heterocycles. The van der Waals surface area contributed by atoms with Crippen LogP contribution in [0.15, 0.2) is 42.5 Å². The first-order chi connectivity index (χ1) is 15.3. The van der Waals surface area contributed by atoms with E-state index in [0.29, 0.717) is 19.6 Å². The Bertz CT molecular complexity index is 1070. The smallest absolute Gasteiger partial charge is 0.322 e. The molecule has 32 heavy (non-hydrogen) atoms. The molecule has 0 amide bonds. The Morgan fingerprint density at radius 3 is 2.69 bits per heavy atom. The second-order valence-electron chi connectivity index (χ2n) is 9.39. The highest BCUT2D eigenvalue weighted by molar-refractivity contribution is 5.87. The molecule has 1 saturated heterocycles. The topological polar surface area (TPSA) is 88.3 Å². The number of H-pyrrole nitrogens is 1. The fourth-order valence-corrected chi connectivity index (χ4v) is 4.07. The molecule has 0 bridgehead atoms. The summed E-state index contributed by atoms with van der Waals surface area (Å²) in [6, 6.07) is 14.5. The number of fused-ring (bicyclic) bond motifs is 1. The van der Waals surface area contributed by atoms with E-state index in [4.69, 9.17) is 9.47 Å². The van der Waals surface area contributed by atoms with Gasteiger partial charge in [0.05, 0.1) is 23.7 Å². The number of methoxy groups -OCH3 is 1. The van der Waals surface area contributed by atoms with Crippen LogP contribution in [0.5, 0.6) is 5.75 Å². The van der Waals surface area contributed by atoms with Crippen LogP contribution in [0.3, 0.4) is 0 Å². The SMILES string of the molecule is COC(=O)[C@@H]1C[C@@H](NCc2[nH]nc3cccc(OCc4ccc(C(C)(C)C)cc4)c23)CN1. The highest BCUT2D eigenvalue weighted by Crippen LogP contribution is 2.29. The fraction of sp³-hybridized carbons (Fsp3) is 0.440. The summed E-state index contributed by atoms with van der Waals surface area (Å²) in [5, 5.41) is 15.3. The molecule has 1 aliphatic rings. The van der Waals surface area contributed by atoms with E-state index in [1.165, 1.54) is 12.7 Å². The van der Waals surface area contributed by atoms with E-state index in [1.807, 2.05) is 18.2 Å². The van der Waals surface area contributed by atoms with Gasteiger partial charge in [-0.2, -0.15) is 5.10 Å². The minimum atomic E-state index is -0.250. The summed E-state index contributed by atoms with van der Waals surface area (Å²) in [5.74, 6) is 0.595. The summed E-state index contributed by atoms with van der Waals surface area (Å²) in [5.41, 5.74) is 4.42. The molecular weight excluding hydrogens is 404 g/mol. The molecule has 2 atom stereocenters. The third-order valence-electron chi connectivity index (χ3n) is 6.02. The van der Waals surface area contributed by atoms with Crippen molar-refractivity contribution in [2.75, 3.05) is 13.7 Å². The van der Waals surface area contributed by atoms with Gasteiger partial charge >= 0.3 is 5.97 Å². The van der Waals surface area contributed by atoms with Gasteiger partial charge in [-0.05, 0) is 35.1 Å². The molecule has 0 spiro atoms. The van der Waals surface area contributed by atoms with Crippen LogP contribution in [0, 0.1) is 0 Å². The van der Waals surface area contributed by atoms with Crippen LogP contribution in [0.2, 0.25) is 0 Å². The maximum atomic E-state index is 11.7. The number of rotatable bonds is 7. The van der Waals surface area contributed by atoms with Crippen LogP contribution >= 0.6 is 0 Å². The zero-order valence-corrected chi connectivity index (χ0v) is 19.2. The first-order valence-electron chi connectivity index (χ1n) is 11.1. The second kappa shape index (κ2) is 9.30. The first-order valence-corrected chi connectivity index (χ1v) is 11.1. The average molecular weight is 437 g/mol. The summed E-state index contributed by atoms with van der Waals surface area (Å²) in [6.07, 6.45) is 0.701. The molecule has 1 fully saturated rings. The molecule has 4 rings (SSSR count). The van der Waals surface area contributed by atoms with Gasteiger partial charge in [-0.15, -0.1) is 0 Å². The minimum Gasteiger partial charge on any atom is -0.488 e. The monoisotopic (exact) mass is 436 g/mol. The third kappa shape index (κ3) is 4.95. The Balaban J connectivity index is 1.42. The second-order valence-corrected chi connectivity index (χ2v) is 9.39. The lowest BCUT2D eigenvalue weighted by atomic mass is 9.87. The van der Waals surface area contributed by atoms with Gasteiger partial charge in [0, 0.05) is 19.1 Å². The van der Waals surface area contributed by atoms with Crippen molar-refractivity contribution >= 4 is 16.9 Å². The van der Waals surface area contributed by atoms with Gasteiger partial charge in [0.25, 0.3) is 0 Å². The molecule has 2 heterocycles. The molecule has 2 aromatic carbocycles. The Morgan fingerprint density at radius 2 is 1.97 bits per heavy atom. The fourth-order valence-electron chi connectivity index (χ4n) is 4.07. The largest absolute Gasteiger partial charge is 0.488 e. The van der Waals surface area contributed by atoms with Crippen molar-refractivity contribution in [1.29, 1.82) is 0 Å². The average Bonchev–Trinajstić information content (AvgIpc) is 3.43. The standard InChI is InChI=1S/C25H32N4O3/c1-25(2,3)17-10-8-16(9-11-17)15-32-22-7-5-6-19-23(22)21(29-28-19)14-26-18-12-20(27-13-18)24(30)31-4/h5-11,18,20,26-27H,12-15H2,1-4H3,(H,28,29)/t18-,20+/m1/s1. The lowest BCUT2D eigenvalue weighted by Crippen LogP contribution is -2.31. The highest BCUT2D eigenvalue weighted by Gasteiger charge is 2.30. The number of ether oxygens (including phenoxy) is 2. The van der Waals surface area contributed by atoms with E-state index in [1.54, 1.807) is 0 Å². The van der Waals surface area contributed by atoms with Crippen LogP contribution in [-0.2, 0) is 28.1 Å². The van der Waals surface area contributed by atoms with E-state index in [0.717, 1.165) is 34.5 Å². The van der Waals surface area contributed by atoms with Gasteiger partial charge in [0.2, 0.25) is 0 Å². The minimum absolute atomic E-state index is 0.134. The van der Waals surface area contributed by atoms with Gasteiger partial charge in [-0.1, -0.05) is 51.1 Å². The van der Waals surface area contributed by atoms with E-state index in [9.17, 15) is 4.79 Å². The maximum Gasteiger partial charge on any atom is 0.322 e. The maximum absolute atomic E-state index is 11.7. The summed E-state index contributed by atoms with van der Waals surface area (Å²) in [6.45, 7) is 8.47. The predicted octanol–water partition coefficient (Wildman–Crippen LogP) is 3.43. The summed E-state index contributed by atoms with van der Waals surface area (Å²) < 4.78 is 11.0. The highest BCUT2D eigenvalue weighted by atomic mass is 16.5. The number of hydrogen-bond acceptors (Lipinski definition) is 6. The molecule has 0 unspecified atom stereocenters. The van der Waals surface area contributed by atoms with E-state index < -0.39 is 0 Å². The number of benzene rings is 2. The molecular formula is C25H32N4O3. The normalized spacial score (nSPS) is 18.8. The molecule has 1 aliphatic heterocycles. The van der Waals surface area contributed by atoms with Crippen LogP contribution in [0.1, 0.15) is 44.0 Å². The van der Waals surface area contributed by atoms with E-state index in [-0.39, 0.29) is 23.5 Å². The molecule has 3 aromatic rings. The van der Waals surface area contributed by atoms with Crippen LogP contribution < -0.4 is 15.4 Å². The van der Waals surface area contributed by atoms with Gasteiger partial charge in [-0.3, -0.25) is 9.89 Å². The van der Waals surface area contributed by atoms with Crippen molar-refractivity contribution in [1.82, 2.24) is 20.8 Å². The number of nitrogens with zero attached hydrogens (tertiary/aromatic N) is 1. The van der Waals surface area contributed by atoms with Gasteiger partial charge in [0.1, 0.15) is 18.4 Å². The van der Waals surface area contributed by atoms with Crippen molar-refractivity contribution in [2.24, 2.45) is 0 Å².